The standard InChI is InChI=1S/C8H18N6O4/c9-7(10)13-1-3(15)2(14-8(11)12)5(17)6(18)4(1)16/h1-6,15-18H,(H4,9,10,13)(H4,11,12,14). The number of nitrogens with one attached hydrogen (secondary N) is 4. The molecule has 18 heavy (non-hydrogen) atoms. The van der Waals surface area contributed by atoms with Crippen LogP contribution in [0.25, 0.3) is 0 Å². The van der Waals surface area contributed by atoms with Gasteiger partial charge in [-0.05, 0) is 0 Å². The number of hydrogen-bond acceptors (Lipinski definition) is 6. The normalized spacial score (nSPS) is 40.0. The Hall–Kier alpha value is -1.62. The number of hydrogen-bond donors (Lipinski definition) is 10. The summed E-state index contributed by atoms with van der Waals surface area (Å²) in [6, 6.07) is -2.34. The van der Waals surface area contributed by atoms with Crippen LogP contribution in [0.1, 0.15) is 0 Å². The molecule has 104 valence electrons. The van der Waals surface area contributed by atoms with Crippen LogP contribution in [0.2, 0.25) is 0 Å². The van der Waals surface area contributed by atoms with Gasteiger partial charge >= 0.3 is 0 Å². The van der Waals surface area contributed by atoms with E-state index in [2.05, 4.69) is 10.6 Å². The lowest BCUT2D eigenvalue weighted by atomic mass is 9.81. The van der Waals surface area contributed by atoms with E-state index < -0.39 is 48.4 Å². The molecule has 10 nitrogen and oxygen atoms in total. The second kappa shape index (κ2) is 5.35. The van der Waals surface area contributed by atoms with Crippen LogP contribution >= 0.6 is 0 Å². The Kier molecular flexibility index (Phi) is 4.29. The summed E-state index contributed by atoms with van der Waals surface area (Å²) in [5.41, 5.74) is 10.2. The van der Waals surface area contributed by atoms with E-state index in [4.69, 9.17) is 22.3 Å². The van der Waals surface area contributed by atoms with E-state index in [1.165, 1.54) is 0 Å². The molecule has 0 aromatic rings. The first-order chi connectivity index (χ1) is 8.25. The molecule has 0 saturated heterocycles. The van der Waals surface area contributed by atoms with Gasteiger partial charge in [0, 0.05) is 0 Å². The van der Waals surface area contributed by atoms with Gasteiger partial charge in [-0.2, -0.15) is 0 Å². The van der Waals surface area contributed by atoms with E-state index in [9.17, 15) is 20.4 Å². The molecular formula is C8H18N6O4. The van der Waals surface area contributed by atoms with Crippen LogP contribution in [0.3, 0.4) is 0 Å². The third kappa shape index (κ3) is 2.79. The maximum Gasteiger partial charge on any atom is 0.186 e. The van der Waals surface area contributed by atoms with Gasteiger partial charge in [0.25, 0.3) is 0 Å². The minimum atomic E-state index is -1.58. The maximum absolute atomic E-state index is 9.92. The van der Waals surface area contributed by atoms with Crippen molar-refractivity contribution in [1.29, 1.82) is 10.8 Å². The Balaban J connectivity index is 2.92. The highest BCUT2D eigenvalue weighted by molar-refractivity contribution is 5.75. The Bertz CT molecular complexity index is 310. The van der Waals surface area contributed by atoms with Crippen LogP contribution in [0, 0.1) is 10.8 Å². The molecule has 4 unspecified atom stereocenters. The number of nitrogens with two attached hydrogens (primary N) is 2. The van der Waals surface area contributed by atoms with Crippen molar-refractivity contribution in [3.63, 3.8) is 0 Å². The van der Waals surface area contributed by atoms with Crippen molar-refractivity contribution in [2.24, 2.45) is 11.5 Å². The van der Waals surface area contributed by atoms with E-state index in [0.717, 1.165) is 0 Å². The first-order valence-corrected chi connectivity index (χ1v) is 5.19. The van der Waals surface area contributed by atoms with Gasteiger partial charge in [-0.3, -0.25) is 10.8 Å². The lowest BCUT2D eigenvalue weighted by Crippen LogP contribution is -2.72. The zero-order valence-corrected chi connectivity index (χ0v) is 9.41. The predicted octanol–water partition coefficient (Wildman–Crippen LogP) is -4.85. The van der Waals surface area contributed by atoms with Gasteiger partial charge in [0.05, 0.1) is 18.2 Å². The molecule has 1 rings (SSSR count). The molecule has 0 amide bonds. The highest BCUT2D eigenvalue weighted by Gasteiger charge is 2.49. The van der Waals surface area contributed by atoms with Gasteiger partial charge in [-0.25, -0.2) is 0 Å². The summed E-state index contributed by atoms with van der Waals surface area (Å²) in [6.07, 6.45) is -6.04. The minimum absolute atomic E-state index is 0.511. The molecule has 0 heterocycles. The average Bonchev–Trinajstić information content (AvgIpc) is 2.27. The third-order valence-electron chi connectivity index (χ3n) is 2.82. The molecule has 4 atom stereocenters. The smallest absolute Gasteiger partial charge is 0.186 e. The van der Waals surface area contributed by atoms with Gasteiger partial charge in [-0.15, -0.1) is 0 Å². The molecule has 1 aliphatic rings. The van der Waals surface area contributed by atoms with Crippen molar-refractivity contribution in [2.75, 3.05) is 0 Å². The Morgan fingerprint density at radius 3 is 1.33 bits per heavy atom. The first kappa shape index (κ1) is 14.4. The fraction of sp³-hybridized carbons (Fsp3) is 0.750. The Morgan fingerprint density at radius 2 is 1.06 bits per heavy atom. The van der Waals surface area contributed by atoms with Crippen LogP contribution in [-0.4, -0.2) is 68.8 Å². The number of rotatable bonds is 2. The van der Waals surface area contributed by atoms with Crippen molar-refractivity contribution >= 4 is 11.9 Å². The van der Waals surface area contributed by atoms with Crippen molar-refractivity contribution < 1.29 is 20.4 Å². The van der Waals surface area contributed by atoms with Crippen molar-refractivity contribution in [1.82, 2.24) is 10.6 Å². The second-order valence-corrected chi connectivity index (χ2v) is 4.13. The van der Waals surface area contributed by atoms with Gasteiger partial charge in [0.2, 0.25) is 0 Å². The van der Waals surface area contributed by atoms with Crippen molar-refractivity contribution in [2.45, 2.75) is 36.5 Å². The molecule has 0 aromatic heterocycles. The van der Waals surface area contributed by atoms with Crippen LogP contribution in [0.5, 0.6) is 0 Å². The lowest BCUT2D eigenvalue weighted by molar-refractivity contribution is -0.144. The maximum atomic E-state index is 9.92. The predicted molar refractivity (Wildman–Crippen MR) is 61.7 cm³/mol. The summed E-state index contributed by atoms with van der Waals surface area (Å²) in [5.74, 6) is -1.02. The summed E-state index contributed by atoms with van der Waals surface area (Å²) in [7, 11) is 0. The number of aliphatic hydroxyl groups excluding tert-OH is 4. The van der Waals surface area contributed by atoms with Gasteiger partial charge in [0.15, 0.2) is 11.9 Å². The molecule has 1 saturated carbocycles. The monoisotopic (exact) mass is 262 g/mol. The van der Waals surface area contributed by atoms with E-state index in [-0.39, 0.29) is 0 Å². The molecule has 0 bridgehead atoms. The van der Waals surface area contributed by atoms with Gasteiger partial charge < -0.3 is 42.5 Å². The molecule has 1 fully saturated rings. The van der Waals surface area contributed by atoms with E-state index in [1.807, 2.05) is 0 Å². The molecule has 0 radical (unpaired) electrons. The van der Waals surface area contributed by atoms with Crippen LogP contribution in [-0.2, 0) is 0 Å². The molecule has 12 N–H and O–H groups in total. The highest BCUT2D eigenvalue weighted by atomic mass is 16.4. The molecule has 0 aliphatic heterocycles. The second-order valence-electron chi connectivity index (χ2n) is 4.13. The molecular weight excluding hydrogens is 244 g/mol. The number of aliphatic hydroxyl groups is 4. The third-order valence-corrected chi connectivity index (χ3v) is 2.82. The van der Waals surface area contributed by atoms with Crippen molar-refractivity contribution in [3.05, 3.63) is 0 Å². The van der Waals surface area contributed by atoms with Crippen LogP contribution < -0.4 is 22.1 Å². The Morgan fingerprint density at radius 1 is 0.722 bits per heavy atom. The summed E-state index contributed by atoms with van der Waals surface area (Å²) in [6.45, 7) is 0. The quantitative estimate of drug-likeness (QED) is 0.172. The van der Waals surface area contributed by atoms with Crippen molar-refractivity contribution in [3.8, 4) is 0 Å². The molecule has 0 spiro atoms. The Labute approximate surface area is 103 Å². The average molecular weight is 262 g/mol. The fourth-order valence-electron chi connectivity index (χ4n) is 1.95. The summed E-state index contributed by atoms with van der Waals surface area (Å²) < 4.78 is 0. The molecule has 10 heteroatoms. The topological polar surface area (TPSA) is 205 Å². The molecule has 1 aliphatic carbocycles. The lowest BCUT2D eigenvalue weighted by Gasteiger charge is -2.44. The molecule has 0 aromatic carbocycles. The largest absolute Gasteiger partial charge is 0.389 e. The SMILES string of the molecule is N=C(N)NC1C(O)C(O)C(O)C(NC(=N)N)C1O. The van der Waals surface area contributed by atoms with Gasteiger partial charge in [0.1, 0.15) is 18.3 Å². The number of guanidine groups is 2. The minimum Gasteiger partial charge on any atom is -0.389 e. The summed E-state index contributed by atoms with van der Waals surface area (Å²) >= 11 is 0. The van der Waals surface area contributed by atoms with E-state index in [0.29, 0.717) is 0 Å². The zero-order chi connectivity index (χ0) is 14.0. The fourth-order valence-corrected chi connectivity index (χ4v) is 1.95. The first-order valence-electron chi connectivity index (χ1n) is 5.19. The van der Waals surface area contributed by atoms with Crippen LogP contribution in [0.4, 0.5) is 0 Å². The van der Waals surface area contributed by atoms with Crippen LogP contribution in [0.15, 0.2) is 0 Å². The summed E-state index contributed by atoms with van der Waals surface area (Å²) in [5, 5.41) is 57.5. The summed E-state index contributed by atoms with van der Waals surface area (Å²) in [4.78, 5) is 0. The van der Waals surface area contributed by atoms with E-state index in [1.54, 1.807) is 0 Å². The van der Waals surface area contributed by atoms with Gasteiger partial charge in [-0.1, -0.05) is 0 Å². The van der Waals surface area contributed by atoms with E-state index >= 15 is 0 Å². The zero-order valence-electron chi connectivity index (χ0n) is 9.41. The highest BCUT2D eigenvalue weighted by Crippen LogP contribution is 2.21.